The lowest BCUT2D eigenvalue weighted by Crippen LogP contribution is -2.27. The summed E-state index contributed by atoms with van der Waals surface area (Å²) in [6.45, 7) is 2.27. The first-order valence-electron chi connectivity index (χ1n) is 7.57. The maximum absolute atomic E-state index is 4.45. The Hall–Kier alpha value is 1.05. The fraction of sp³-hybridized carbons (Fsp3) is 1.00. The van der Waals surface area contributed by atoms with Crippen LogP contribution in [0.4, 0.5) is 0 Å². The maximum Gasteiger partial charge on any atom is -0.00255 e. The Morgan fingerprint density at radius 1 is 0.611 bits per heavy atom. The van der Waals surface area contributed by atoms with Crippen molar-refractivity contribution in [2.45, 2.75) is 71.1 Å². The summed E-state index contributed by atoms with van der Waals surface area (Å²) in [6.07, 6.45) is 13.8. The number of hydrogen-bond acceptors (Lipinski definition) is 3. The van der Waals surface area contributed by atoms with E-state index in [1.54, 1.807) is 0 Å². The van der Waals surface area contributed by atoms with Crippen molar-refractivity contribution < 1.29 is 0 Å². The Bertz CT molecular complexity index is 159. The molecular weight excluding hydrogens is 276 g/mol. The molecule has 0 aromatic rings. The summed E-state index contributed by atoms with van der Waals surface area (Å²) in [4.78, 5) is 0. The molecule has 18 heavy (non-hydrogen) atoms. The third-order valence-electron chi connectivity index (χ3n) is 3.82. The molecule has 0 radical (unpaired) electrons. The molecular formula is C15H32S3. The van der Waals surface area contributed by atoms with Crippen LogP contribution in [0.25, 0.3) is 0 Å². The van der Waals surface area contributed by atoms with Gasteiger partial charge in [-0.3, -0.25) is 0 Å². The Morgan fingerprint density at radius 3 is 1.39 bits per heavy atom. The molecule has 0 fully saturated rings. The maximum atomic E-state index is 4.45. The highest BCUT2D eigenvalue weighted by Crippen LogP contribution is 2.29. The molecule has 0 N–H and O–H groups in total. The minimum absolute atomic E-state index is 0.260. The van der Waals surface area contributed by atoms with Gasteiger partial charge in [-0.05, 0) is 29.1 Å². The SMILES string of the molecule is CCCCCCCCCCCC(CS)(CS)CS. The van der Waals surface area contributed by atoms with Crippen molar-refractivity contribution >= 4 is 37.9 Å². The molecule has 0 saturated carbocycles. The van der Waals surface area contributed by atoms with E-state index in [0.717, 1.165) is 17.3 Å². The monoisotopic (exact) mass is 308 g/mol. The molecule has 0 nitrogen and oxygen atoms in total. The van der Waals surface area contributed by atoms with Gasteiger partial charge in [0.2, 0.25) is 0 Å². The van der Waals surface area contributed by atoms with E-state index in [4.69, 9.17) is 0 Å². The van der Waals surface area contributed by atoms with Crippen molar-refractivity contribution in [2.75, 3.05) is 17.3 Å². The Balaban J connectivity index is 3.38. The largest absolute Gasteiger partial charge is 0.179 e. The van der Waals surface area contributed by atoms with Crippen LogP contribution < -0.4 is 0 Å². The molecule has 0 bridgehead atoms. The van der Waals surface area contributed by atoms with Gasteiger partial charge in [-0.2, -0.15) is 37.9 Å². The van der Waals surface area contributed by atoms with E-state index < -0.39 is 0 Å². The van der Waals surface area contributed by atoms with E-state index in [2.05, 4.69) is 44.8 Å². The average Bonchev–Trinajstić information content (AvgIpc) is 2.42. The molecule has 0 amide bonds. The predicted octanol–water partition coefficient (Wildman–Crippen LogP) is 5.68. The van der Waals surface area contributed by atoms with Gasteiger partial charge in [0.1, 0.15) is 0 Å². The van der Waals surface area contributed by atoms with Gasteiger partial charge in [0.25, 0.3) is 0 Å². The third-order valence-corrected chi connectivity index (χ3v) is 5.83. The number of thiol groups is 3. The van der Waals surface area contributed by atoms with Crippen molar-refractivity contribution in [1.29, 1.82) is 0 Å². The fourth-order valence-electron chi connectivity index (χ4n) is 2.20. The van der Waals surface area contributed by atoms with Crippen molar-refractivity contribution in [2.24, 2.45) is 5.41 Å². The quantitative estimate of drug-likeness (QED) is 0.283. The summed E-state index contributed by atoms with van der Waals surface area (Å²) in [5, 5.41) is 0. The molecule has 0 spiro atoms. The van der Waals surface area contributed by atoms with E-state index in [0.29, 0.717) is 0 Å². The Labute approximate surface area is 131 Å². The van der Waals surface area contributed by atoms with E-state index in [1.165, 1.54) is 64.2 Å². The average molecular weight is 309 g/mol. The van der Waals surface area contributed by atoms with Crippen LogP contribution in [0.2, 0.25) is 0 Å². The van der Waals surface area contributed by atoms with Crippen molar-refractivity contribution in [1.82, 2.24) is 0 Å². The third kappa shape index (κ3) is 9.03. The first-order valence-corrected chi connectivity index (χ1v) is 9.47. The molecule has 0 aliphatic carbocycles. The Morgan fingerprint density at radius 2 is 1.00 bits per heavy atom. The molecule has 0 aliphatic rings. The molecule has 0 unspecified atom stereocenters. The van der Waals surface area contributed by atoms with Gasteiger partial charge in [0.05, 0.1) is 0 Å². The summed E-state index contributed by atoms with van der Waals surface area (Å²) in [5.41, 5.74) is 0.260. The molecule has 0 rings (SSSR count). The van der Waals surface area contributed by atoms with E-state index in [9.17, 15) is 0 Å². The van der Waals surface area contributed by atoms with Crippen LogP contribution in [0, 0.1) is 5.41 Å². The standard InChI is InChI=1S/C15H32S3/c1-2-3-4-5-6-7-8-9-10-11-15(12-16,13-17)14-18/h16-18H,2-14H2,1H3. The summed E-state index contributed by atoms with van der Waals surface area (Å²) in [5.74, 6) is 2.74. The summed E-state index contributed by atoms with van der Waals surface area (Å²) >= 11 is 13.4. The van der Waals surface area contributed by atoms with E-state index in [-0.39, 0.29) is 5.41 Å². The highest BCUT2D eigenvalue weighted by atomic mass is 32.1. The van der Waals surface area contributed by atoms with Crippen LogP contribution in [0.3, 0.4) is 0 Å². The van der Waals surface area contributed by atoms with Gasteiger partial charge >= 0.3 is 0 Å². The zero-order valence-corrected chi connectivity index (χ0v) is 14.7. The second kappa shape index (κ2) is 13.1. The minimum Gasteiger partial charge on any atom is -0.179 e. The molecule has 0 saturated heterocycles. The second-order valence-corrected chi connectivity index (χ2v) is 6.50. The van der Waals surface area contributed by atoms with Crippen molar-refractivity contribution in [3.05, 3.63) is 0 Å². The number of rotatable bonds is 13. The zero-order chi connectivity index (χ0) is 13.7. The molecule has 0 aliphatic heterocycles. The fourth-order valence-corrected chi connectivity index (χ4v) is 3.87. The predicted molar refractivity (Wildman–Crippen MR) is 95.8 cm³/mol. The van der Waals surface area contributed by atoms with Crippen LogP contribution in [0.15, 0.2) is 0 Å². The molecule has 0 aromatic carbocycles. The normalized spacial score (nSPS) is 12.0. The van der Waals surface area contributed by atoms with Crippen LogP contribution in [-0.4, -0.2) is 17.3 Å². The number of hydrogen-bond donors (Lipinski definition) is 3. The van der Waals surface area contributed by atoms with Crippen molar-refractivity contribution in [3.63, 3.8) is 0 Å². The lowest BCUT2D eigenvalue weighted by Gasteiger charge is -2.28. The smallest absolute Gasteiger partial charge is 0.00255 e. The number of unbranched alkanes of at least 4 members (excludes halogenated alkanes) is 8. The molecule has 0 aromatic heterocycles. The van der Waals surface area contributed by atoms with Gasteiger partial charge < -0.3 is 0 Å². The van der Waals surface area contributed by atoms with Crippen LogP contribution in [0.5, 0.6) is 0 Å². The topological polar surface area (TPSA) is 0 Å². The summed E-state index contributed by atoms with van der Waals surface area (Å²) in [7, 11) is 0. The zero-order valence-electron chi connectivity index (χ0n) is 12.0. The second-order valence-electron chi connectivity index (χ2n) is 5.55. The highest BCUT2D eigenvalue weighted by molar-refractivity contribution is 7.82. The van der Waals surface area contributed by atoms with Crippen molar-refractivity contribution in [3.8, 4) is 0 Å². The Kier molecular flexibility index (Phi) is 13.8. The van der Waals surface area contributed by atoms with E-state index in [1.807, 2.05) is 0 Å². The van der Waals surface area contributed by atoms with Crippen LogP contribution >= 0.6 is 37.9 Å². The molecule has 110 valence electrons. The van der Waals surface area contributed by atoms with Crippen LogP contribution in [0.1, 0.15) is 71.1 Å². The summed E-state index contributed by atoms with van der Waals surface area (Å²) in [6, 6.07) is 0. The molecule has 0 atom stereocenters. The van der Waals surface area contributed by atoms with Gasteiger partial charge in [0, 0.05) is 0 Å². The highest BCUT2D eigenvalue weighted by Gasteiger charge is 2.24. The first kappa shape index (κ1) is 19.1. The van der Waals surface area contributed by atoms with E-state index >= 15 is 0 Å². The lowest BCUT2D eigenvalue weighted by atomic mass is 9.88. The van der Waals surface area contributed by atoms with Gasteiger partial charge in [-0.1, -0.05) is 64.7 Å². The van der Waals surface area contributed by atoms with Crippen LogP contribution in [-0.2, 0) is 0 Å². The lowest BCUT2D eigenvalue weighted by molar-refractivity contribution is 0.383. The minimum atomic E-state index is 0.260. The van der Waals surface area contributed by atoms with Gasteiger partial charge in [-0.15, -0.1) is 0 Å². The van der Waals surface area contributed by atoms with Gasteiger partial charge in [0.15, 0.2) is 0 Å². The summed E-state index contributed by atoms with van der Waals surface area (Å²) < 4.78 is 0. The molecule has 0 heterocycles. The molecule has 3 heteroatoms. The van der Waals surface area contributed by atoms with Gasteiger partial charge in [-0.25, -0.2) is 0 Å². The first-order chi connectivity index (χ1) is 8.74.